The van der Waals surface area contributed by atoms with Crippen molar-refractivity contribution in [1.82, 2.24) is 0 Å². The average Bonchev–Trinajstić information content (AvgIpc) is 2.16. The second-order valence-corrected chi connectivity index (χ2v) is 3.75. The minimum Gasteiger partial charge on any atom is -0.326 e. The van der Waals surface area contributed by atoms with Gasteiger partial charge in [-0.3, -0.25) is 4.79 Å². The van der Waals surface area contributed by atoms with E-state index in [0.717, 1.165) is 11.1 Å². The third-order valence-corrected chi connectivity index (χ3v) is 2.32. The Morgan fingerprint density at radius 1 is 1.07 bits per heavy atom. The molecule has 0 radical (unpaired) electrons. The summed E-state index contributed by atoms with van der Waals surface area (Å²) in [4.78, 5) is 10.9. The summed E-state index contributed by atoms with van der Waals surface area (Å²) in [5, 5.41) is 5.12. The molecule has 0 fully saturated rings. The lowest BCUT2D eigenvalue weighted by molar-refractivity contribution is -0.114. The molecule has 0 aliphatic carbocycles. The molecule has 0 saturated heterocycles. The molecule has 0 heterocycles. The summed E-state index contributed by atoms with van der Waals surface area (Å²) < 4.78 is 0. The third-order valence-electron chi connectivity index (χ3n) is 2.32. The molecule has 0 aliphatic heterocycles. The van der Waals surface area contributed by atoms with Gasteiger partial charge in [0.1, 0.15) is 0 Å². The van der Waals surface area contributed by atoms with Gasteiger partial charge < -0.3 is 5.32 Å². The molecule has 0 atom stereocenters. The van der Waals surface area contributed by atoms with Gasteiger partial charge in [0.2, 0.25) is 5.91 Å². The quantitative estimate of drug-likeness (QED) is 0.751. The van der Waals surface area contributed by atoms with E-state index < -0.39 is 0 Å². The van der Waals surface area contributed by atoms with Crippen LogP contribution in [0.4, 0.5) is 5.69 Å². The molecular formula is C13H13NO. The van der Waals surface area contributed by atoms with Crippen LogP contribution in [0.25, 0.3) is 10.8 Å². The van der Waals surface area contributed by atoms with Crippen LogP contribution >= 0.6 is 0 Å². The van der Waals surface area contributed by atoms with Gasteiger partial charge in [0.05, 0.1) is 0 Å². The summed E-state index contributed by atoms with van der Waals surface area (Å²) in [5.41, 5.74) is 2.07. The zero-order valence-corrected chi connectivity index (χ0v) is 8.87. The fraction of sp³-hybridized carbons (Fsp3) is 0.154. The first-order valence-corrected chi connectivity index (χ1v) is 4.93. The number of fused-ring (bicyclic) bond motifs is 1. The highest BCUT2D eigenvalue weighted by Gasteiger charge is 1.98. The van der Waals surface area contributed by atoms with Gasteiger partial charge in [-0.15, -0.1) is 0 Å². The van der Waals surface area contributed by atoms with E-state index in [2.05, 4.69) is 30.4 Å². The van der Waals surface area contributed by atoms with Crippen LogP contribution in [0.15, 0.2) is 36.4 Å². The SMILES string of the molecule is CC(=O)Nc1ccc2ccc(C)cc2c1. The molecule has 1 amide bonds. The van der Waals surface area contributed by atoms with Gasteiger partial charge in [0, 0.05) is 12.6 Å². The Balaban J connectivity index is 2.49. The monoisotopic (exact) mass is 199 g/mol. The molecule has 76 valence electrons. The van der Waals surface area contributed by atoms with Crippen LogP contribution in [0.3, 0.4) is 0 Å². The first-order valence-electron chi connectivity index (χ1n) is 4.93. The number of hydrogen-bond donors (Lipinski definition) is 1. The number of aryl methyl sites for hydroxylation is 1. The van der Waals surface area contributed by atoms with Crippen LogP contribution in [0.2, 0.25) is 0 Å². The fourth-order valence-corrected chi connectivity index (χ4v) is 1.65. The average molecular weight is 199 g/mol. The number of amides is 1. The molecule has 15 heavy (non-hydrogen) atoms. The Bertz CT molecular complexity index is 517. The summed E-state index contributed by atoms with van der Waals surface area (Å²) in [6, 6.07) is 12.2. The smallest absolute Gasteiger partial charge is 0.221 e. The van der Waals surface area contributed by atoms with Crippen LogP contribution in [0.1, 0.15) is 12.5 Å². The van der Waals surface area contributed by atoms with E-state index in [0.29, 0.717) is 0 Å². The molecule has 2 aromatic carbocycles. The lowest BCUT2D eigenvalue weighted by atomic mass is 10.1. The van der Waals surface area contributed by atoms with Crippen molar-refractivity contribution < 1.29 is 4.79 Å². The van der Waals surface area contributed by atoms with Gasteiger partial charge in [-0.2, -0.15) is 0 Å². The normalized spacial score (nSPS) is 10.3. The number of benzene rings is 2. The third kappa shape index (κ3) is 2.15. The summed E-state index contributed by atoms with van der Waals surface area (Å²) >= 11 is 0. The summed E-state index contributed by atoms with van der Waals surface area (Å²) in [7, 11) is 0. The zero-order chi connectivity index (χ0) is 10.8. The predicted molar refractivity (Wildman–Crippen MR) is 63.0 cm³/mol. The molecule has 0 saturated carbocycles. The van der Waals surface area contributed by atoms with Gasteiger partial charge >= 0.3 is 0 Å². The standard InChI is InChI=1S/C13H13NO/c1-9-3-4-11-5-6-13(14-10(2)15)8-12(11)7-9/h3-8H,1-2H3,(H,14,15). The molecule has 2 rings (SSSR count). The van der Waals surface area contributed by atoms with Crippen LogP contribution in [0, 0.1) is 6.92 Å². The molecular weight excluding hydrogens is 186 g/mol. The van der Waals surface area contributed by atoms with E-state index >= 15 is 0 Å². The maximum atomic E-state index is 10.9. The van der Waals surface area contributed by atoms with Crippen molar-refractivity contribution in [3.63, 3.8) is 0 Å². The second-order valence-electron chi connectivity index (χ2n) is 3.75. The number of anilines is 1. The Kier molecular flexibility index (Phi) is 2.42. The van der Waals surface area contributed by atoms with Crippen molar-refractivity contribution in [3.05, 3.63) is 42.0 Å². The fourth-order valence-electron chi connectivity index (χ4n) is 1.65. The molecule has 0 aromatic heterocycles. The number of hydrogen-bond acceptors (Lipinski definition) is 1. The van der Waals surface area contributed by atoms with Gasteiger partial charge in [-0.25, -0.2) is 0 Å². The maximum absolute atomic E-state index is 10.9. The lowest BCUT2D eigenvalue weighted by Gasteiger charge is -2.04. The summed E-state index contributed by atoms with van der Waals surface area (Å²) in [6.07, 6.45) is 0. The summed E-state index contributed by atoms with van der Waals surface area (Å²) in [5.74, 6) is -0.0398. The number of rotatable bonds is 1. The molecule has 2 aromatic rings. The second kappa shape index (κ2) is 3.73. The first-order chi connectivity index (χ1) is 7.15. The number of carbonyl (C=O) groups is 1. The number of carbonyl (C=O) groups excluding carboxylic acids is 1. The molecule has 0 bridgehead atoms. The zero-order valence-electron chi connectivity index (χ0n) is 8.87. The largest absolute Gasteiger partial charge is 0.326 e. The Labute approximate surface area is 88.9 Å². The van der Waals surface area contributed by atoms with Gasteiger partial charge in [-0.1, -0.05) is 29.8 Å². The molecule has 2 heteroatoms. The van der Waals surface area contributed by atoms with Crippen LogP contribution in [-0.2, 0) is 4.79 Å². The van der Waals surface area contributed by atoms with E-state index in [1.807, 2.05) is 18.2 Å². The minimum absolute atomic E-state index is 0.0398. The molecule has 0 spiro atoms. The topological polar surface area (TPSA) is 29.1 Å². The van der Waals surface area contributed by atoms with Crippen molar-refractivity contribution in [2.75, 3.05) is 5.32 Å². The molecule has 0 aliphatic rings. The maximum Gasteiger partial charge on any atom is 0.221 e. The van der Waals surface area contributed by atoms with E-state index in [9.17, 15) is 4.79 Å². The molecule has 1 N–H and O–H groups in total. The van der Waals surface area contributed by atoms with Gasteiger partial charge in [-0.05, 0) is 29.8 Å². The predicted octanol–water partition coefficient (Wildman–Crippen LogP) is 3.11. The van der Waals surface area contributed by atoms with Crippen molar-refractivity contribution in [2.45, 2.75) is 13.8 Å². The Morgan fingerprint density at radius 3 is 2.53 bits per heavy atom. The van der Waals surface area contributed by atoms with E-state index in [4.69, 9.17) is 0 Å². The summed E-state index contributed by atoms with van der Waals surface area (Å²) in [6.45, 7) is 3.57. The molecule has 2 nitrogen and oxygen atoms in total. The van der Waals surface area contributed by atoms with Crippen molar-refractivity contribution in [3.8, 4) is 0 Å². The molecule has 0 unspecified atom stereocenters. The van der Waals surface area contributed by atoms with Crippen molar-refractivity contribution in [2.24, 2.45) is 0 Å². The Morgan fingerprint density at radius 2 is 1.80 bits per heavy atom. The Hall–Kier alpha value is -1.83. The van der Waals surface area contributed by atoms with Crippen molar-refractivity contribution in [1.29, 1.82) is 0 Å². The van der Waals surface area contributed by atoms with E-state index in [1.54, 1.807) is 0 Å². The number of nitrogens with one attached hydrogen (secondary N) is 1. The van der Waals surface area contributed by atoms with E-state index in [1.165, 1.54) is 17.9 Å². The van der Waals surface area contributed by atoms with Crippen LogP contribution < -0.4 is 5.32 Å². The minimum atomic E-state index is -0.0398. The van der Waals surface area contributed by atoms with Crippen molar-refractivity contribution >= 4 is 22.4 Å². The van der Waals surface area contributed by atoms with E-state index in [-0.39, 0.29) is 5.91 Å². The van der Waals surface area contributed by atoms with Gasteiger partial charge in [0.15, 0.2) is 0 Å². The van der Waals surface area contributed by atoms with Gasteiger partial charge in [0.25, 0.3) is 0 Å². The van der Waals surface area contributed by atoms with Crippen LogP contribution in [-0.4, -0.2) is 5.91 Å². The van der Waals surface area contributed by atoms with Crippen LogP contribution in [0.5, 0.6) is 0 Å². The first kappa shape index (κ1) is 9.71. The highest BCUT2D eigenvalue weighted by Crippen LogP contribution is 2.20. The highest BCUT2D eigenvalue weighted by molar-refractivity contribution is 5.93. The lowest BCUT2D eigenvalue weighted by Crippen LogP contribution is -2.05. The highest BCUT2D eigenvalue weighted by atomic mass is 16.1.